The molecular formula is C58H38N2O. The highest BCUT2D eigenvalue weighted by Crippen LogP contribution is 2.57. The lowest BCUT2D eigenvalue weighted by Crippen LogP contribution is -2.28. The molecule has 12 rings (SSSR count). The van der Waals surface area contributed by atoms with Crippen molar-refractivity contribution in [3.05, 3.63) is 253 Å². The molecule has 0 radical (unpaired) electrons. The topological polar surface area (TPSA) is 29.3 Å². The first-order valence-electron chi connectivity index (χ1n) is 20.8. The quantitative estimate of drug-likeness (QED) is 0.161. The summed E-state index contributed by atoms with van der Waals surface area (Å²) >= 11 is 0. The van der Waals surface area contributed by atoms with Gasteiger partial charge in [-0.25, -0.2) is 0 Å². The molecule has 61 heavy (non-hydrogen) atoms. The lowest BCUT2D eigenvalue weighted by Gasteiger charge is -2.35. The van der Waals surface area contributed by atoms with Crippen LogP contribution in [0, 0.1) is 0 Å². The van der Waals surface area contributed by atoms with Crippen molar-refractivity contribution in [1.29, 1.82) is 0 Å². The smallest absolute Gasteiger partial charge is 0.136 e. The van der Waals surface area contributed by atoms with Crippen LogP contribution in [0.3, 0.4) is 0 Å². The maximum atomic E-state index is 6.33. The molecule has 0 saturated heterocycles. The largest absolute Gasteiger partial charge is 0.456 e. The summed E-state index contributed by atoms with van der Waals surface area (Å²) in [4.78, 5) is 7.01. The minimum absolute atomic E-state index is 0.505. The Kier molecular flexibility index (Phi) is 8.07. The summed E-state index contributed by atoms with van der Waals surface area (Å²) in [5.74, 6) is 0. The van der Waals surface area contributed by atoms with E-state index in [1.165, 1.54) is 44.5 Å². The van der Waals surface area contributed by atoms with E-state index in [1.807, 2.05) is 12.3 Å². The number of pyridine rings is 1. The van der Waals surface area contributed by atoms with Crippen molar-refractivity contribution in [2.24, 2.45) is 0 Å². The average molecular weight is 779 g/mol. The van der Waals surface area contributed by atoms with E-state index in [1.54, 1.807) is 0 Å². The van der Waals surface area contributed by atoms with Crippen LogP contribution in [-0.4, -0.2) is 4.98 Å². The van der Waals surface area contributed by atoms with Gasteiger partial charge in [-0.15, -0.1) is 0 Å². The summed E-state index contributed by atoms with van der Waals surface area (Å²) in [5, 5.41) is 3.23. The Morgan fingerprint density at radius 2 is 0.934 bits per heavy atom. The molecule has 1 aliphatic carbocycles. The van der Waals surface area contributed by atoms with Crippen LogP contribution < -0.4 is 4.90 Å². The van der Waals surface area contributed by atoms with E-state index in [-0.39, 0.29) is 0 Å². The first-order chi connectivity index (χ1) is 30.2. The molecule has 2 aromatic heterocycles. The summed E-state index contributed by atoms with van der Waals surface area (Å²) in [6, 6.07) is 81.3. The fraction of sp³-hybridized carbons (Fsp3) is 0.0172. The number of aromatic nitrogens is 1. The van der Waals surface area contributed by atoms with E-state index in [2.05, 4.69) is 228 Å². The monoisotopic (exact) mass is 778 g/mol. The van der Waals surface area contributed by atoms with Crippen molar-refractivity contribution in [2.75, 3.05) is 4.90 Å². The van der Waals surface area contributed by atoms with Crippen molar-refractivity contribution >= 4 is 49.9 Å². The number of fused-ring (bicyclic) bond motifs is 7. The van der Waals surface area contributed by atoms with Crippen LogP contribution in [0.2, 0.25) is 0 Å². The molecule has 2 heterocycles. The molecule has 3 heteroatoms. The molecule has 0 atom stereocenters. The van der Waals surface area contributed by atoms with Gasteiger partial charge in [0.1, 0.15) is 11.2 Å². The standard InChI is InChI=1S/C58H38N2O/c1-4-13-39(14-5-1)40-22-27-46(28-23-40)60(47-29-24-41(25-30-47)42-26-33-56-51(35-42)52-38-55-43(15-12-34-59-55)36-57(52)61-56)48-31-32-50-49-20-10-11-21-53(49)58(54(50)37-48,44-16-6-2-7-17-44)45-18-8-3-9-19-45/h1-38H. The first-order valence-corrected chi connectivity index (χ1v) is 20.8. The molecule has 1 aliphatic rings. The molecule has 9 aromatic carbocycles. The third-order valence-electron chi connectivity index (χ3n) is 12.6. The van der Waals surface area contributed by atoms with Gasteiger partial charge in [-0.1, -0.05) is 158 Å². The lowest BCUT2D eigenvalue weighted by molar-refractivity contribution is 0.669. The molecule has 0 aliphatic heterocycles. The second-order valence-corrected chi connectivity index (χ2v) is 15.9. The molecular weight excluding hydrogens is 741 g/mol. The van der Waals surface area contributed by atoms with Gasteiger partial charge in [-0.3, -0.25) is 4.98 Å². The van der Waals surface area contributed by atoms with Gasteiger partial charge in [-0.05, 0) is 122 Å². The highest BCUT2D eigenvalue weighted by molar-refractivity contribution is 6.10. The molecule has 0 spiro atoms. The normalized spacial score (nSPS) is 12.7. The number of rotatable bonds is 7. The van der Waals surface area contributed by atoms with E-state index >= 15 is 0 Å². The second-order valence-electron chi connectivity index (χ2n) is 15.9. The van der Waals surface area contributed by atoms with Gasteiger partial charge in [0.15, 0.2) is 0 Å². The fourth-order valence-electron chi connectivity index (χ4n) is 9.78. The van der Waals surface area contributed by atoms with Crippen molar-refractivity contribution in [1.82, 2.24) is 4.98 Å². The van der Waals surface area contributed by atoms with Gasteiger partial charge < -0.3 is 9.32 Å². The van der Waals surface area contributed by atoms with Crippen molar-refractivity contribution in [2.45, 2.75) is 5.41 Å². The maximum absolute atomic E-state index is 6.33. The highest BCUT2D eigenvalue weighted by Gasteiger charge is 2.46. The minimum Gasteiger partial charge on any atom is -0.456 e. The Hall–Kier alpha value is -8.01. The molecule has 0 amide bonds. The Balaban J connectivity index is 1.01. The zero-order valence-corrected chi connectivity index (χ0v) is 33.2. The van der Waals surface area contributed by atoms with Crippen LogP contribution >= 0.6 is 0 Å². The molecule has 0 saturated carbocycles. The van der Waals surface area contributed by atoms with Crippen LogP contribution in [0.1, 0.15) is 22.3 Å². The van der Waals surface area contributed by atoms with Gasteiger partial charge >= 0.3 is 0 Å². The Labute approximate surface area is 354 Å². The predicted octanol–water partition coefficient (Wildman–Crippen LogP) is 15.3. The van der Waals surface area contributed by atoms with Gasteiger partial charge in [0.25, 0.3) is 0 Å². The SMILES string of the molecule is c1ccc(-c2ccc(N(c3ccc(-c4ccc5oc6cc7cccnc7cc6c5c4)cc3)c3ccc4c(c3)C(c3ccccc3)(c3ccccc3)c3ccccc3-4)cc2)cc1. The van der Waals surface area contributed by atoms with Crippen LogP contribution in [0.4, 0.5) is 17.1 Å². The lowest BCUT2D eigenvalue weighted by atomic mass is 9.67. The number of benzene rings is 9. The molecule has 0 N–H and O–H groups in total. The van der Waals surface area contributed by atoms with E-state index in [0.29, 0.717) is 0 Å². The van der Waals surface area contributed by atoms with E-state index < -0.39 is 5.41 Å². The molecule has 286 valence electrons. The second kappa shape index (κ2) is 14.1. The number of nitrogens with zero attached hydrogens (tertiary/aromatic N) is 2. The van der Waals surface area contributed by atoms with Crippen molar-refractivity contribution in [3.63, 3.8) is 0 Å². The summed E-state index contributed by atoms with van der Waals surface area (Å²) in [5.41, 5.74) is 17.7. The van der Waals surface area contributed by atoms with E-state index in [9.17, 15) is 0 Å². The molecule has 0 fully saturated rings. The van der Waals surface area contributed by atoms with Gasteiger partial charge in [0.05, 0.1) is 10.9 Å². The molecule has 11 aromatic rings. The van der Waals surface area contributed by atoms with E-state index in [0.717, 1.165) is 61.0 Å². The minimum atomic E-state index is -0.505. The highest BCUT2D eigenvalue weighted by atomic mass is 16.3. The molecule has 0 bridgehead atoms. The molecule has 0 unspecified atom stereocenters. The summed E-state index contributed by atoms with van der Waals surface area (Å²) in [7, 11) is 0. The Morgan fingerprint density at radius 3 is 1.64 bits per heavy atom. The Bertz CT molecular complexity index is 3350. The zero-order chi connectivity index (χ0) is 40.3. The number of hydrogen-bond donors (Lipinski definition) is 0. The Morgan fingerprint density at radius 1 is 0.377 bits per heavy atom. The predicted molar refractivity (Wildman–Crippen MR) is 252 cm³/mol. The third kappa shape index (κ3) is 5.62. The number of hydrogen-bond acceptors (Lipinski definition) is 3. The van der Waals surface area contributed by atoms with Gasteiger partial charge in [0, 0.05) is 39.4 Å². The first kappa shape index (κ1) is 35.0. The third-order valence-corrected chi connectivity index (χ3v) is 12.6. The van der Waals surface area contributed by atoms with Gasteiger partial charge in [-0.2, -0.15) is 0 Å². The van der Waals surface area contributed by atoms with Crippen LogP contribution in [0.5, 0.6) is 0 Å². The van der Waals surface area contributed by atoms with Crippen LogP contribution in [0.25, 0.3) is 66.2 Å². The molecule has 3 nitrogen and oxygen atoms in total. The van der Waals surface area contributed by atoms with Crippen molar-refractivity contribution in [3.8, 4) is 33.4 Å². The maximum Gasteiger partial charge on any atom is 0.136 e. The zero-order valence-electron chi connectivity index (χ0n) is 33.2. The van der Waals surface area contributed by atoms with Crippen LogP contribution in [0.15, 0.2) is 235 Å². The summed E-state index contributed by atoms with van der Waals surface area (Å²) in [6.07, 6.45) is 1.84. The fourth-order valence-corrected chi connectivity index (χ4v) is 9.78. The van der Waals surface area contributed by atoms with E-state index in [4.69, 9.17) is 4.42 Å². The van der Waals surface area contributed by atoms with Crippen molar-refractivity contribution < 1.29 is 4.42 Å². The summed E-state index contributed by atoms with van der Waals surface area (Å²) < 4.78 is 6.33. The number of anilines is 3. The summed E-state index contributed by atoms with van der Waals surface area (Å²) in [6.45, 7) is 0. The van der Waals surface area contributed by atoms with Gasteiger partial charge in [0.2, 0.25) is 0 Å². The average Bonchev–Trinajstić information content (AvgIpc) is 3.84. The number of furan rings is 1. The van der Waals surface area contributed by atoms with Crippen LogP contribution in [-0.2, 0) is 5.41 Å².